The Hall–Kier alpha value is -0.120. The number of rotatable bonds is 4. The van der Waals surface area contributed by atoms with E-state index in [4.69, 9.17) is 4.74 Å². The van der Waals surface area contributed by atoms with E-state index in [0.717, 1.165) is 31.6 Å². The predicted molar refractivity (Wildman–Crippen MR) is 62.0 cm³/mol. The fourth-order valence-electron chi connectivity index (χ4n) is 2.60. The van der Waals surface area contributed by atoms with Crippen LogP contribution in [0.1, 0.15) is 26.7 Å². The summed E-state index contributed by atoms with van der Waals surface area (Å²) in [7, 11) is 0. The molecule has 2 fully saturated rings. The van der Waals surface area contributed by atoms with Gasteiger partial charge >= 0.3 is 0 Å². The topological polar surface area (TPSA) is 33.3 Å². The normalized spacial score (nSPS) is 38.4. The van der Waals surface area contributed by atoms with Crippen molar-refractivity contribution >= 4 is 0 Å². The van der Waals surface area contributed by atoms with Gasteiger partial charge in [0.2, 0.25) is 0 Å². The molecule has 0 aromatic carbocycles. The zero-order valence-electron chi connectivity index (χ0n) is 9.96. The zero-order valence-corrected chi connectivity index (χ0v) is 9.96. The average molecular weight is 212 g/mol. The Morgan fingerprint density at radius 3 is 2.93 bits per heavy atom. The second-order valence-electron chi connectivity index (χ2n) is 5.15. The van der Waals surface area contributed by atoms with Gasteiger partial charge in [0, 0.05) is 25.2 Å². The van der Waals surface area contributed by atoms with Crippen molar-refractivity contribution in [2.24, 2.45) is 11.8 Å². The molecule has 0 bridgehead atoms. The maximum atomic E-state index is 5.42. The second kappa shape index (κ2) is 5.28. The molecule has 2 rings (SSSR count). The van der Waals surface area contributed by atoms with Crippen molar-refractivity contribution in [2.75, 3.05) is 26.3 Å². The molecule has 0 saturated carbocycles. The van der Waals surface area contributed by atoms with Gasteiger partial charge in [-0.25, -0.2) is 0 Å². The van der Waals surface area contributed by atoms with Gasteiger partial charge in [-0.3, -0.25) is 0 Å². The van der Waals surface area contributed by atoms with E-state index >= 15 is 0 Å². The SMILES string of the molecule is CC1CCNC1CNC(C)C1CCOC1. The van der Waals surface area contributed by atoms with E-state index < -0.39 is 0 Å². The lowest BCUT2D eigenvalue weighted by atomic mass is 9.99. The van der Waals surface area contributed by atoms with Gasteiger partial charge in [0.05, 0.1) is 6.61 Å². The molecule has 2 heterocycles. The van der Waals surface area contributed by atoms with E-state index in [9.17, 15) is 0 Å². The summed E-state index contributed by atoms with van der Waals surface area (Å²) < 4.78 is 5.42. The van der Waals surface area contributed by atoms with Crippen LogP contribution in [0, 0.1) is 11.8 Å². The standard InChI is InChI=1S/C12H24N2O/c1-9-3-5-13-12(9)7-14-10(2)11-4-6-15-8-11/h9-14H,3-8H2,1-2H3. The Balaban J connectivity index is 1.67. The molecule has 0 aromatic heterocycles. The van der Waals surface area contributed by atoms with Gasteiger partial charge in [0.25, 0.3) is 0 Å². The van der Waals surface area contributed by atoms with Crippen LogP contribution >= 0.6 is 0 Å². The Labute approximate surface area is 93.0 Å². The van der Waals surface area contributed by atoms with E-state index in [-0.39, 0.29) is 0 Å². The Morgan fingerprint density at radius 2 is 2.33 bits per heavy atom. The smallest absolute Gasteiger partial charge is 0.0509 e. The number of nitrogens with one attached hydrogen (secondary N) is 2. The zero-order chi connectivity index (χ0) is 10.7. The summed E-state index contributed by atoms with van der Waals surface area (Å²) in [6, 6.07) is 1.27. The third-order valence-corrected chi connectivity index (χ3v) is 4.02. The highest BCUT2D eigenvalue weighted by Crippen LogP contribution is 2.17. The lowest BCUT2D eigenvalue weighted by Gasteiger charge is -2.23. The first kappa shape index (κ1) is 11.4. The largest absolute Gasteiger partial charge is 0.381 e. The van der Waals surface area contributed by atoms with Crippen LogP contribution in [0.15, 0.2) is 0 Å². The van der Waals surface area contributed by atoms with Crippen LogP contribution in [0.5, 0.6) is 0 Å². The molecule has 4 atom stereocenters. The molecule has 3 nitrogen and oxygen atoms in total. The molecule has 0 aliphatic carbocycles. The molecular formula is C12H24N2O. The van der Waals surface area contributed by atoms with Gasteiger partial charge in [0.1, 0.15) is 0 Å². The molecule has 2 aliphatic heterocycles. The molecule has 0 amide bonds. The molecule has 2 saturated heterocycles. The first-order chi connectivity index (χ1) is 7.27. The third kappa shape index (κ3) is 2.92. The van der Waals surface area contributed by atoms with Gasteiger partial charge in [-0.1, -0.05) is 6.92 Å². The van der Waals surface area contributed by atoms with Crippen molar-refractivity contribution in [3.05, 3.63) is 0 Å². The minimum absolute atomic E-state index is 0.599. The van der Waals surface area contributed by atoms with Crippen LogP contribution in [0.3, 0.4) is 0 Å². The molecule has 0 aromatic rings. The van der Waals surface area contributed by atoms with Gasteiger partial charge in [-0.15, -0.1) is 0 Å². The first-order valence-electron chi connectivity index (χ1n) is 6.32. The molecule has 0 radical (unpaired) electrons. The van der Waals surface area contributed by atoms with Crippen LogP contribution in [-0.2, 0) is 4.74 Å². The van der Waals surface area contributed by atoms with Gasteiger partial charge in [0.15, 0.2) is 0 Å². The summed E-state index contributed by atoms with van der Waals surface area (Å²) in [5.41, 5.74) is 0. The Morgan fingerprint density at radius 1 is 1.47 bits per heavy atom. The lowest BCUT2D eigenvalue weighted by molar-refractivity contribution is 0.177. The highest BCUT2D eigenvalue weighted by molar-refractivity contribution is 4.85. The van der Waals surface area contributed by atoms with Crippen molar-refractivity contribution < 1.29 is 4.74 Å². The third-order valence-electron chi connectivity index (χ3n) is 4.02. The van der Waals surface area contributed by atoms with Crippen molar-refractivity contribution in [3.63, 3.8) is 0 Å². The summed E-state index contributed by atoms with van der Waals surface area (Å²) in [4.78, 5) is 0. The maximum absolute atomic E-state index is 5.42. The summed E-state index contributed by atoms with van der Waals surface area (Å²) in [5, 5.41) is 7.21. The van der Waals surface area contributed by atoms with E-state index in [2.05, 4.69) is 24.5 Å². The van der Waals surface area contributed by atoms with Crippen molar-refractivity contribution in [1.29, 1.82) is 0 Å². The highest BCUT2D eigenvalue weighted by atomic mass is 16.5. The van der Waals surface area contributed by atoms with Crippen LogP contribution in [-0.4, -0.2) is 38.4 Å². The minimum atomic E-state index is 0.599. The number of hydrogen-bond acceptors (Lipinski definition) is 3. The van der Waals surface area contributed by atoms with Gasteiger partial charge in [-0.2, -0.15) is 0 Å². The summed E-state index contributed by atoms with van der Waals surface area (Å²) in [5.74, 6) is 1.55. The molecule has 2 N–H and O–H groups in total. The van der Waals surface area contributed by atoms with Gasteiger partial charge < -0.3 is 15.4 Å². The van der Waals surface area contributed by atoms with E-state index in [1.54, 1.807) is 0 Å². The maximum Gasteiger partial charge on any atom is 0.0509 e. The van der Waals surface area contributed by atoms with Crippen LogP contribution < -0.4 is 10.6 Å². The number of ether oxygens (including phenoxy) is 1. The van der Waals surface area contributed by atoms with Crippen LogP contribution in [0.2, 0.25) is 0 Å². The van der Waals surface area contributed by atoms with Crippen molar-refractivity contribution in [1.82, 2.24) is 10.6 Å². The van der Waals surface area contributed by atoms with Gasteiger partial charge in [-0.05, 0) is 38.1 Å². The molecular weight excluding hydrogens is 188 g/mol. The summed E-state index contributed by atoms with van der Waals surface area (Å²) >= 11 is 0. The van der Waals surface area contributed by atoms with E-state index in [1.807, 2.05) is 0 Å². The summed E-state index contributed by atoms with van der Waals surface area (Å²) in [6.07, 6.45) is 2.55. The average Bonchev–Trinajstić information content (AvgIpc) is 2.85. The van der Waals surface area contributed by atoms with E-state index in [1.165, 1.54) is 19.4 Å². The van der Waals surface area contributed by atoms with Crippen molar-refractivity contribution in [3.8, 4) is 0 Å². The first-order valence-corrected chi connectivity index (χ1v) is 6.32. The Bertz CT molecular complexity index is 192. The molecule has 3 heteroatoms. The van der Waals surface area contributed by atoms with Crippen LogP contribution in [0.25, 0.3) is 0 Å². The van der Waals surface area contributed by atoms with Crippen molar-refractivity contribution in [2.45, 2.75) is 38.8 Å². The molecule has 4 unspecified atom stereocenters. The predicted octanol–water partition coefficient (Wildman–Crippen LogP) is 0.999. The monoisotopic (exact) mass is 212 g/mol. The lowest BCUT2D eigenvalue weighted by Crippen LogP contribution is -2.43. The molecule has 0 spiro atoms. The minimum Gasteiger partial charge on any atom is -0.381 e. The highest BCUT2D eigenvalue weighted by Gasteiger charge is 2.25. The fourth-order valence-corrected chi connectivity index (χ4v) is 2.60. The van der Waals surface area contributed by atoms with Crippen LogP contribution in [0.4, 0.5) is 0 Å². The van der Waals surface area contributed by atoms with E-state index in [0.29, 0.717) is 12.1 Å². The fraction of sp³-hybridized carbons (Fsp3) is 1.00. The molecule has 15 heavy (non-hydrogen) atoms. The number of hydrogen-bond donors (Lipinski definition) is 2. The Kier molecular flexibility index (Phi) is 4.00. The quantitative estimate of drug-likeness (QED) is 0.729. The summed E-state index contributed by atoms with van der Waals surface area (Å²) in [6.45, 7) is 8.83. The molecule has 2 aliphatic rings. The molecule has 88 valence electrons. The second-order valence-corrected chi connectivity index (χ2v) is 5.15.